The Morgan fingerprint density at radius 2 is 2.22 bits per heavy atom. The third-order valence-corrected chi connectivity index (χ3v) is 4.21. The van der Waals surface area contributed by atoms with E-state index in [1.807, 2.05) is 18.2 Å². The molecule has 3 amide bonds. The highest BCUT2D eigenvalue weighted by Gasteiger charge is 2.27. The van der Waals surface area contributed by atoms with E-state index in [0.29, 0.717) is 12.3 Å². The average Bonchev–Trinajstić information content (AvgIpc) is 2.69. The van der Waals surface area contributed by atoms with Crippen LogP contribution in [0.15, 0.2) is 23.1 Å². The molecule has 1 unspecified atom stereocenters. The van der Waals surface area contributed by atoms with Gasteiger partial charge in [-0.3, -0.25) is 4.79 Å². The van der Waals surface area contributed by atoms with Crippen LogP contribution in [-0.4, -0.2) is 36.2 Å². The van der Waals surface area contributed by atoms with Crippen LogP contribution in [0.2, 0.25) is 0 Å². The van der Waals surface area contributed by atoms with Crippen molar-refractivity contribution in [2.75, 3.05) is 24.7 Å². The number of urea groups is 1. The Hall–Kier alpha value is -1.69. The maximum absolute atomic E-state index is 11.4. The summed E-state index contributed by atoms with van der Waals surface area (Å²) in [6.07, 6.45) is 0. The van der Waals surface area contributed by atoms with Crippen molar-refractivity contribution < 1.29 is 9.59 Å². The minimum absolute atomic E-state index is 0.00312. The fraction of sp³-hybridized carbons (Fsp3) is 0.333. The number of nitrogens with one attached hydrogen (secondary N) is 2. The Morgan fingerprint density at radius 3 is 2.94 bits per heavy atom. The number of hydrogen-bond donors (Lipinski definition) is 2. The molecule has 0 aromatic heterocycles. The summed E-state index contributed by atoms with van der Waals surface area (Å²) in [5.41, 5.74) is 1.87. The summed E-state index contributed by atoms with van der Waals surface area (Å²) in [6, 6.07) is 5.89. The van der Waals surface area contributed by atoms with Gasteiger partial charge in [0.05, 0.1) is 17.5 Å². The number of nitrogens with zero attached hydrogens (tertiary/aromatic N) is 1. The molecular weight excluding hydrogens is 250 g/mol. The monoisotopic (exact) mass is 263 g/mol. The van der Waals surface area contributed by atoms with E-state index in [1.54, 1.807) is 11.9 Å². The van der Waals surface area contributed by atoms with Gasteiger partial charge in [-0.1, -0.05) is 6.07 Å². The van der Waals surface area contributed by atoms with Crippen molar-refractivity contribution in [3.8, 4) is 0 Å². The van der Waals surface area contributed by atoms with Crippen molar-refractivity contribution in [3.05, 3.63) is 23.8 Å². The zero-order valence-corrected chi connectivity index (χ0v) is 10.7. The third-order valence-electron chi connectivity index (χ3n) is 3.14. The van der Waals surface area contributed by atoms with Crippen LogP contribution >= 0.6 is 11.8 Å². The fourth-order valence-corrected chi connectivity index (χ4v) is 2.96. The van der Waals surface area contributed by atoms with Crippen LogP contribution in [0.4, 0.5) is 10.5 Å². The van der Waals surface area contributed by atoms with Crippen LogP contribution in [0.25, 0.3) is 0 Å². The highest BCUT2D eigenvalue weighted by molar-refractivity contribution is 8.00. The first-order valence-electron chi connectivity index (χ1n) is 5.72. The Morgan fingerprint density at radius 1 is 1.39 bits per heavy atom. The molecule has 1 aromatic rings. The van der Waals surface area contributed by atoms with E-state index in [1.165, 1.54) is 11.8 Å². The standard InChI is InChI=1S/C12H13N3O2S/c1-15-5-9(14-12(15)17)7-2-3-10-8(4-7)13-11(16)6-18-10/h2-4,9H,5-6H2,1H3,(H,13,16)(H,14,17). The van der Waals surface area contributed by atoms with E-state index >= 15 is 0 Å². The third kappa shape index (κ3) is 1.92. The topological polar surface area (TPSA) is 61.4 Å². The normalized spacial score (nSPS) is 22.5. The molecule has 6 heteroatoms. The minimum Gasteiger partial charge on any atom is -0.329 e. The Kier molecular flexibility index (Phi) is 2.66. The molecule has 0 saturated carbocycles. The molecule has 1 saturated heterocycles. The molecule has 1 aromatic carbocycles. The molecule has 3 rings (SSSR count). The molecule has 0 spiro atoms. The first-order valence-corrected chi connectivity index (χ1v) is 6.70. The number of carbonyl (C=O) groups is 2. The zero-order valence-electron chi connectivity index (χ0n) is 9.90. The van der Waals surface area contributed by atoms with Gasteiger partial charge in [0.25, 0.3) is 0 Å². The van der Waals surface area contributed by atoms with E-state index in [4.69, 9.17) is 0 Å². The molecule has 0 radical (unpaired) electrons. The predicted octanol–water partition coefficient (Wildman–Crippen LogP) is 1.43. The summed E-state index contributed by atoms with van der Waals surface area (Å²) >= 11 is 1.54. The Bertz CT molecular complexity index is 532. The summed E-state index contributed by atoms with van der Waals surface area (Å²) in [7, 11) is 1.77. The second kappa shape index (κ2) is 4.20. The lowest BCUT2D eigenvalue weighted by Gasteiger charge is -2.18. The zero-order chi connectivity index (χ0) is 12.7. The number of rotatable bonds is 1. The smallest absolute Gasteiger partial charge is 0.317 e. The number of carbonyl (C=O) groups excluding carboxylic acids is 2. The van der Waals surface area contributed by atoms with Gasteiger partial charge in [0, 0.05) is 18.5 Å². The second-order valence-corrected chi connectivity index (χ2v) is 5.49. The summed E-state index contributed by atoms with van der Waals surface area (Å²) in [6.45, 7) is 0.651. The lowest BCUT2D eigenvalue weighted by Crippen LogP contribution is -2.24. The van der Waals surface area contributed by atoms with Crippen molar-refractivity contribution in [1.29, 1.82) is 0 Å². The van der Waals surface area contributed by atoms with Crippen LogP contribution in [0, 0.1) is 0 Å². The number of likely N-dealkylation sites (N-methyl/N-ethyl adjacent to an activating group) is 1. The van der Waals surface area contributed by atoms with Gasteiger partial charge in [0.15, 0.2) is 0 Å². The molecular formula is C12H13N3O2S. The summed E-state index contributed by atoms with van der Waals surface area (Å²) in [5, 5.41) is 5.77. The summed E-state index contributed by atoms with van der Waals surface area (Å²) in [4.78, 5) is 25.5. The molecule has 2 heterocycles. The van der Waals surface area contributed by atoms with Gasteiger partial charge >= 0.3 is 6.03 Å². The molecule has 2 N–H and O–H groups in total. The van der Waals surface area contributed by atoms with Crippen LogP contribution in [-0.2, 0) is 4.79 Å². The SMILES string of the molecule is CN1CC(c2ccc3c(c2)NC(=O)CS3)NC1=O. The van der Waals surface area contributed by atoms with Gasteiger partial charge in [0.1, 0.15) is 0 Å². The number of thioether (sulfide) groups is 1. The molecule has 94 valence electrons. The van der Waals surface area contributed by atoms with Gasteiger partial charge in [-0.05, 0) is 17.7 Å². The minimum atomic E-state index is -0.0591. The summed E-state index contributed by atoms with van der Waals surface area (Å²) in [5.74, 6) is 0.493. The van der Waals surface area contributed by atoms with Crippen molar-refractivity contribution in [1.82, 2.24) is 10.2 Å². The van der Waals surface area contributed by atoms with E-state index in [0.717, 1.165) is 16.1 Å². The maximum atomic E-state index is 11.4. The number of hydrogen-bond acceptors (Lipinski definition) is 3. The molecule has 1 fully saturated rings. The molecule has 5 nitrogen and oxygen atoms in total. The van der Waals surface area contributed by atoms with Crippen molar-refractivity contribution in [2.24, 2.45) is 0 Å². The Balaban J connectivity index is 1.88. The Labute approximate surface area is 109 Å². The highest BCUT2D eigenvalue weighted by atomic mass is 32.2. The molecule has 2 aliphatic rings. The van der Waals surface area contributed by atoms with Crippen molar-refractivity contribution in [2.45, 2.75) is 10.9 Å². The maximum Gasteiger partial charge on any atom is 0.317 e. The predicted molar refractivity (Wildman–Crippen MR) is 69.7 cm³/mol. The van der Waals surface area contributed by atoms with Crippen LogP contribution in [0.3, 0.4) is 0 Å². The van der Waals surface area contributed by atoms with E-state index < -0.39 is 0 Å². The number of fused-ring (bicyclic) bond motifs is 1. The highest BCUT2D eigenvalue weighted by Crippen LogP contribution is 2.34. The van der Waals surface area contributed by atoms with Gasteiger partial charge < -0.3 is 15.5 Å². The molecule has 1 atom stereocenters. The molecule has 0 bridgehead atoms. The fourth-order valence-electron chi connectivity index (χ4n) is 2.17. The summed E-state index contributed by atoms with van der Waals surface area (Å²) < 4.78 is 0. The van der Waals surface area contributed by atoms with Crippen molar-refractivity contribution in [3.63, 3.8) is 0 Å². The quantitative estimate of drug-likeness (QED) is 0.805. The molecule has 0 aliphatic carbocycles. The molecule has 18 heavy (non-hydrogen) atoms. The largest absolute Gasteiger partial charge is 0.329 e. The van der Waals surface area contributed by atoms with E-state index in [9.17, 15) is 9.59 Å². The van der Waals surface area contributed by atoms with E-state index in [-0.39, 0.29) is 18.0 Å². The first kappa shape index (κ1) is 11.4. The van der Waals surface area contributed by atoms with Crippen LogP contribution in [0.5, 0.6) is 0 Å². The number of amides is 3. The van der Waals surface area contributed by atoms with Gasteiger partial charge in [-0.15, -0.1) is 11.8 Å². The second-order valence-electron chi connectivity index (χ2n) is 4.48. The number of benzene rings is 1. The van der Waals surface area contributed by atoms with Gasteiger partial charge in [-0.25, -0.2) is 4.79 Å². The van der Waals surface area contributed by atoms with Gasteiger partial charge in [-0.2, -0.15) is 0 Å². The average molecular weight is 263 g/mol. The molecule has 2 aliphatic heterocycles. The van der Waals surface area contributed by atoms with E-state index in [2.05, 4.69) is 10.6 Å². The number of anilines is 1. The first-order chi connectivity index (χ1) is 8.63. The van der Waals surface area contributed by atoms with Crippen LogP contribution < -0.4 is 10.6 Å². The lowest BCUT2D eigenvalue weighted by molar-refractivity contribution is -0.113. The lowest BCUT2D eigenvalue weighted by atomic mass is 10.1. The van der Waals surface area contributed by atoms with Gasteiger partial charge in [0.2, 0.25) is 5.91 Å². The van der Waals surface area contributed by atoms with Crippen molar-refractivity contribution >= 4 is 29.4 Å². The van der Waals surface area contributed by atoms with Crippen LogP contribution in [0.1, 0.15) is 11.6 Å².